The van der Waals surface area contributed by atoms with Crippen LogP contribution in [0, 0.1) is 0 Å². The molecule has 2 aromatic rings. The van der Waals surface area contributed by atoms with Crippen LogP contribution in [0.1, 0.15) is 30.9 Å². The molecule has 1 heterocycles. The lowest BCUT2D eigenvalue weighted by atomic mass is 10.2. The third-order valence-corrected chi connectivity index (χ3v) is 5.46. The molecule has 1 aliphatic rings. The number of nitrogens with zero attached hydrogens (tertiary/aromatic N) is 3. The summed E-state index contributed by atoms with van der Waals surface area (Å²) >= 11 is 1.50. The smallest absolute Gasteiger partial charge is 0.242 e. The lowest BCUT2D eigenvalue weighted by molar-refractivity contribution is -0.126. The van der Waals surface area contributed by atoms with Gasteiger partial charge in [0, 0.05) is 0 Å². The summed E-state index contributed by atoms with van der Waals surface area (Å²) in [5.41, 5.74) is 2.00. The van der Waals surface area contributed by atoms with E-state index >= 15 is 0 Å². The molecule has 3 rings (SSSR count). The molecule has 1 amide bonds. The predicted octanol–water partition coefficient (Wildman–Crippen LogP) is 4.33. The third kappa shape index (κ3) is 4.98. The molecule has 0 aliphatic carbocycles. The number of hydrogen-bond donors (Lipinski definition) is 0. The predicted molar refractivity (Wildman–Crippen MR) is 111 cm³/mol. The Morgan fingerprint density at radius 1 is 1.15 bits per heavy atom. The van der Waals surface area contributed by atoms with Gasteiger partial charge in [-0.2, -0.15) is 5.10 Å². The molecule has 140 valence electrons. The minimum atomic E-state index is -0.0843. The van der Waals surface area contributed by atoms with Crippen LogP contribution in [0.3, 0.4) is 0 Å². The van der Waals surface area contributed by atoms with Crippen molar-refractivity contribution in [2.45, 2.75) is 31.6 Å². The van der Waals surface area contributed by atoms with Gasteiger partial charge in [-0.15, -0.1) is 5.10 Å². The summed E-state index contributed by atoms with van der Waals surface area (Å²) in [6.07, 6.45) is 3.50. The van der Waals surface area contributed by atoms with Gasteiger partial charge in [-0.25, -0.2) is 0 Å². The minimum Gasteiger partial charge on any atom is -0.497 e. The highest BCUT2D eigenvalue weighted by atomic mass is 32.2. The second-order valence-electron chi connectivity index (χ2n) is 6.21. The highest BCUT2D eigenvalue weighted by Crippen LogP contribution is 2.31. The number of amidine groups is 1. The normalized spacial score (nSPS) is 18.6. The Labute approximate surface area is 164 Å². The summed E-state index contributed by atoms with van der Waals surface area (Å²) in [6, 6.07) is 17.5. The summed E-state index contributed by atoms with van der Waals surface area (Å²) in [7, 11) is 1.64. The first kappa shape index (κ1) is 19.2. The lowest BCUT2D eigenvalue weighted by Gasteiger charge is -2.16. The van der Waals surface area contributed by atoms with Crippen molar-refractivity contribution in [2.75, 3.05) is 7.11 Å². The van der Waals surface area contributed by atoms with Crippen LogP contribution in [0.4, 0.5) is 0 Å². The van der Waals surface area contributed by atoms with Crippen molar-refractivity contribution >= 4 is 29.1 Å². The zero-order valence-corrected chi connectivity index (χ0v) is 16.4. The van der Waals surface area contributed by atoms with Crippen LogP contribution >= 0.6 is 11.8 Å². The van der Waals surface area contributed by atoms with Crippen molar-refractivity contribution in [1.82, 2.24) is 4.90 Å². The first-order valence-electron chi connectivity index (χ1n) is 8.98. The number of thioether (sulfide) groups is 1. The molecule has 0 N–H and O–H groups in total. The van der Waals surface area contributed by atoms with E-state index in [1.54, 1.807) is 18.2 Å². The molecule has 0 bridgehead atoms. The second-order valence-corrected chi connectivity index (χ2v) is 7.38. The standard InChI is InChI=1S/C21H23N3O2S/c1-3-7-19-20(25)24(15-17-10-12-18(26-2)13-11-17)21(27-19)23-22-14-16-8-5-4-6-9-16/h4-6,8-14,19H,3,7,15H2,1-2H3/b22-14+,23-21+. The van der Waals surface area contributed by atoms with E-state index in [1.807, 2.05) is 54.6 Å². The van der Waals surface area contributed by atoms with Crippen molar-refractivity contribution in [2.24, 2.45) is 10.2 Å². The van der Waals surface area contributed by atoms with E-state index in [0.29, 0.717) is 11.7 Å². The van der Waals surface area contributed by atoms with Crippen molar-refractivity contribution in [3.05, 3.63) is 65.7 Å². The SMILES string of the molecule is CCCC1S/C(=N/N=C/c2ccccc2)N(Cc2ccc(OC)cc2)C1=O. The summed E-state index contributed by atoms with van der Waals surface area (Å²) in [5, 5.41) is 9.11. The molecule has 1 fully saturated rings. The number of methoxy groups -OCH3 is 1. The minimum absolute atomic E-state index is 0.0843. The van der Waals surface area contributed by atoms with Gasteiger partial charge in [0.05, 0.1) is 25.1 Å². The summed E-state index contributed by atoms with van der Waals surface area (Å²) in [5.74, 6) is 0.900. The van der Waals surface area contributed by atoms with Gasteiger partial charge in [-0.3, -0.25) is 9.69 Å². The average Bonchev–Trinajstić information content (AvgIpc) is 2.99. The Hall–Kier alpha value is -2.60. The molecular formula is C21H23N3O2S. The molecule has 2 aromatic carbocycles. The quantitative estimate of drug-likeness (QED) is 0.530. The number of ether oxygens (including phenoxy) is 1. The van der Waals surface area contributed by atoms with Crippen LogP contribution in [0.15, 0.2) is 64.8 Å². The van der Waals surface area contributed by atoms with Gasteiger partial charge in [0.25, 0.3) is 0 Å². The average molecular weight is 382 g/mol. The van der Waals surface area contributed by atoms with Crippen molar-refractivity contribution in [3.8, 4) is 5.75 Å². The number of rotatable bonds is 7. The molecule has 27 heavy (non-hydrogen) atoms. The van der Waals surface area contributed by atoms with E-state index < -0.39 is 0 Å². The number of benzene rings is 2. The second kappa shape index (κ2) is 9.37. The Bertz CT molecular complexity index is 819. The van der Waals surface area contributed by atoms with E-state index in [1.165, 1.54) is 11.8 Å². The highest BCUT2D eigenvalue weighted by molar-refractivity contribution is 8.15. The summed E-state index contributed by atoms with van der Waals surface area (Å²) < 4.78 is 5.20. The van der Waals surface area contributed by atoms with Gasteiger partial charge in [0.1, 0.15) is 5.75 Å². The van der Waals surface area contributed by atoms with Gasteiger partial charge >= 0.3 is 0 Å². The zero-order chi connectivity index (χ0) is 19.1. The number of hydrogen-bond acceptors (Lipinski definition) is 5. The van der Waals surface area contributed by atoms with E-state index in [4.69, 9.17) is 4.74 Å². The van der Waals surface area contributed by atoms with Gasteiger partial charge < -0.3 is 4.74 Å². The van der Waals surface area contributed by atoms with E-state index in [0.717, 1.165) is 29.7 Å². The largest absolute Gasteiger partial charge is 0.497 e. The molecule has 0 saturated carbocycles. The first-order valence-corrected chi connectivity index (χ1v) is 9.86. The topological polar surface area (TPSA) is 54.3 Å². The fraction of sp³-hybridized carbons (Fsp3) is 0.286. The lowest BCUT2D eigenvalue weighted by Crippen LogP contribution is -2.31. The maximum atomic E-state index is 12.8. The van der Waals surface area contributed by atoms with E-state index in [2.05, 4.69) is 17.1 Å². The van der Waals surface area contributed by atoms with Gasteiger partial charge in [-0.05, 0) is 29.7 Å². The summed E-state index contributed by atoms with van der Waals surface area (Å²) in [4.78, 5) is 14.5. The fourth-order valence-corrected chi connectivity index (χ4v) is 3.99. The van der Waals surface area contributed by atoms with Crippen LogP contribution in [-0.4, -0.2) is 34.5 Å². The number of amides is 1. The molecule has 1 atom stereocenters. The molecular weight excluding hydrogens is 358 g/mol. The maximum absolute atomic E-state index is 12.8. The number of carbonyl (C=O) groups excluding carboxylic acids is 1. The molecule has 1 saturated heterocycles. The highest BCUT2D eigenvalue weighted by Gasteiger charge is 2.37. The van der Waals surface area contributed by atoms with Crippen molar-refractivity contribution in [3.63, 3.8) is 0 Å². The Morgan fingerprint density at radius 2 is 1.89 bits per heavy atom. The number of carbonyl (C=O) groups is 1. The Kier molecular flexibility index (Phi) is 6.65. The third-order valence-electron chi connectivity index (χ3n) is 4.22. The van der Waals surface area contributed by atoms with E-state index in [9.17, 15) is 4.79 Å². The first-order chi connectivity index (χ1) is 13.2. The fourth-order valence-electron chi connectivity index (χ4n) is 2.77. The van der Waals surface area contributed by atoms with Crippen LogP contribution in [-0.2, 0) is 11.3 Å². The molecule has 0 aromatic heterocycles. The van der Waals surface area contributed by atoms with E-state index in [-0.39, 0.29) is 11.2 Å². The van der Waals surface area contributed by atoms with Crippen molar-refractivity contribution in [1.29, 1.82) is 0 Å². The molecule has 1 unspecified atom stereocenters. The molecule has 5 nitrogen and oxygen atoms in total. The molecule has 1 aliphatic heterocycles. The van der Waals surface area contributed by atoms with Gasteiger partial charge in [0.2, 0.25) is 5.91 Å². The van der Waals surface area contributed by atoms with Crippen LogP contribution in [0.25, 0.3) is 0 Å². The van der Waals surface area contributed by atoms with Crippen molar-refractivity contribution < 1.29 is 9.53 Å². The monoisotopic (exact) mass is 381 g/mol. The summed E-state index contributed by atoms with van der Waals surface area (Å²) in [6.45, 7) is 2.57. The molecule has 0 spiro atoms. The molecule has 0 radical (unpaired) electrons. The molecule has 6 heteroatoms. The maximum Gasteiger partial charge on any atom is 0.242 e. The van der Waals surface area contributed by atoms with Crippen LogP contribution < -0.4 is 4.74 Å². The van der Waals surface area contributed by atoms with Gasteiger partial charge in [-0.1, -0.05) is 67.6 Å². The zero-order valence-electron chi connectivity index (χ0n) is 15.5. The van der Waals surface area contributed by atoms with Gasteiger partial charge in [0.15, 0.2) is 5.17 Å². The van der Waals surface area contributed by atoms with Crippen LogP contribution in [0.2, 0.25) is 0 Å². The Morgan fingerprint density at radius 3 is 2.56 bits per heavy atom. The van der Waals surface area contributed by atoms with Crippen LogP contribution in [0.5, 0.6) is 5.75 Å². The Balaban J connectivity index is 1.78.